The van der Waals surface area contributed by atoms with Gasteiger partial charge in [0.25, 0.3) is 0 Å². The van der Waals surface area contributed by atoms with Crippen molar-refractivity contribution in [2.75, 3.05) is 32.1 Å². The van der Waals surface area contributed by atoms with E-state index in [0.717, 1.165) is 25.2 Å². The number of rotatable bonds is 17. The van der Waals surface area contributed by atoms with Crippen LogP contribution in [0.4, 0.5) is 0 Å². The van der Waals surface area contributed by atoms with Crippen molar-refractivity contribution >= 4 is 7.28 Å². The van der Waals surface area contributed by atoms with Gasteiger partial charge < -0.3 is 0 Å². The van der Waals surface area contributed by atoms with Crippen LogP contribution in [0.5, 0.6) is 0 Å². The van der Waals surface area contributed by atoms with E-state index < -0.39 is 7.28 Å². The summed E-state index contributed by atoms with van der Waals surface area (Å²) in [6.07, 6.45) is 16.2. The van der Waals surface area contributed by atoms with Gasteiger partial charge in [-0.3, -0.25) is 0 Å². The molecule has 0 aromatic heterocycles. The van der Waals surface area contributed by atoms with Gasteiger partial charge in [-0.15, -0.1) is 0 Å². The summed E-state index contributed by atoms with van der Waals surface area (Å²) in [5, 5.41) is 0. The Hall–Kier alpha value is 0.230. The molecule has 0 amide bonds. The molecule has 6 heteroatoms. The quantitative estimate of drug-likeness (QED) is 0.116. The van der Waals surface area contributed by atoms with Gasteiger partial charge in [0.1, 0.15) is 0 Å². The molecule has 0 aromatic carbocycles. The molecular formula is C20H43O5P. The normalized spacial score (nSPS) is 20.5. The molecule has 0 bridgehead atoms. The summed E-state index contributed by atoms with van der Waals surface area (Å²) in [5.41, 5.74) is 0. The van der Waals surface area contributed by atoms with Crippen LogP contribution in [0.2, 0.25) is 0 Å². The van der Waals surface area contributed by atoms with Crippen LogP contribution in [0.3, 0.4) is 0 Å². The Kier molecular flexibility index (Phi) is 13.3. The zero-order valence-corrected chi connectivity index (χ0v) is 18.4. The van der Waals surface area contributed by atoms with E-state index >= 15 is 0 Å². The molecule has 0 aromatic rings. The van der Waals surface area contributed by atoms with E-state index in [4.69, 9.17) is 23.6 Å². The number of hydrogen-bond donors (Lipinski definition) is 0. The Morgan fingerprint density at radius 3 is 1.69 bits per heavy atom. The van der Waals surface area contributed by atoms with Gasteiger partial charge in [-0.25, -0.2) is 0 Å². The first-order chi connectivity index (χ1) is 12.7. The SMILES string of the molecule is CCCCCCCCP1(CCCCCCCC)(OOCC)OCCOO1. The summed E-state index contributed by atoms with van der Waals surface area (Å²) in [6, 6.07) is 0. The number of unbranched alkanes of at least 4 members (excludes halogenated alkanes) is 10. The molecule has 1 saturated heterocycles. The van der Waals surface area contributed by atoms with Crippen molar-refractivity contribution in [1.82, 2.24) is 0 Å². The first kappa shape index (κ1) is 24.3. The molecule has 1 aliphatic rings. The van der Waals surface area contributed by atoms with Gasteiger partial charge in [0.05, 0.1) is 0 Å². The van der Waals surface area contributed by atoms with Gasteiger partial charge in [-0.2, -0.15) is 0 Å². The second-order valence-electron chi connectivity index (χ2n) is 7.42. The van der Waals surface area contributed by atoms with Crippen molar-refractivity contribution in [3.8, 4) is 0 Å². The monoisotopic (exact) mass is 394 g/mol. The van der Waals surface area contributed by atoms with Crippen LogP contribution in [-0.2, 0) is 23.6 Å². The zero-order valence-electron chi connectivity index (χ0n) is 17.5. The molecular weight excluding hydrogens is 351 g/mol. The van der Waals surface area contributed by atoms with Crippen LogP contribution in [0.25, 0.3) is 0 Å². The van der Waals surface area contributed by atoms with E-state index in [9.17, 15) is 0 Å². The molecule has 0 N–H and O–H groups in total. The fourth-order valence-electron chi connectivity index (χ4n) is 3.44. The second-order valence-corrected chi connectivity index (χ2v) is 11.3. The molecule has 158 valence electrons. The summed E-state index contributed by atoms with van der Waals surface area (Å²) in [6.45, 7) is 7.88. The van der Waals surface area contributed by atoms with Crippen molar-refractivity contribution < 1.29 is 23.6 Å². The average molecular weight is 395 g/mol. The summed E-state index contributed by atoms with van der Waals surface area (Å²) < 4.78 is 18.0. The van der Waals surface area contributed by atoms with Crippen LogP contribution < -0.4 is 0 Å². The Labute approximate surface area is 161 Å². The van der Waals surface area contributed by atoms with E-state index in [0.29, 0.717) is 19.8 Å². The molecule has 0 atom stereocenters. The van der Waals surface area contributed by atoms with Crippen LogP contribution >= 0.6 is 7.28 Å². The van der Waals surface area contributed by atoms with Gasteiger partial charge in [-0.1, -0.05) is 0 Å². The molecule has 0 unspecified atom stereocenters. The van der Waals surface area contributed by atoms with Crippen molar-refractivity contribution in [1.29, 1.82) is 0 Å². The molecule has 0 saturated carbocycles. The second kappa shape index (κ2) is 14.3. The first-order valence-electron chi connectivity index (χ1n) is 11.0. The Morgan fingerprint density at radius 1 is 0.692 bits per heavy atom. The topological polar surface area (TPSA) is 46.2 Å². The van der Waals surface area contributed by atoms with E-state index in [1.807, 2.05) is 6.92 Å². The van der Waals surface area contributed by atoms with Gasteiger partial charge in [-0.05, 0) is 0 Å². The summed E-state index contributed by atoms with van der Waals surface area (Å²) in [4.78, 5) is 10.8. The molecule has 0 radical (unpaired) electrons. The van der Waals surface area contributed by atoms with Crippen molar-refractivity contribution in [2.24, 2.45) is 0 Å². The molecule has 1 rings (SSSR count). The minimum atomic E-state index is -3.32. The maximum absolute atomic E-state index is 6.25. The van der Waals surface area contributed by atoms with E-state index in [2.05, 4.69) is 13.8 Å². The Morgan fingerprint density at radius 2 is 1.23 bits per heavy atom. The van der Waals surface area contributed by atoms with E-state index in [1.165, 1.54) is 64.2 Å². The van der Waals surface area contributed by atoms with E-state index in [1.54, 1.807) is 0 Å². The third-order valence-corrected chi connectivity index (χ3v) is 8.98. The average Bonchev–Trinajstić information content (AvgIpc) is 2.67. The van der Waals surface area contributed by atoms with Crippen LogP contribution in [0.1, 0.15) is 97.8 Å². The first-order valence-corrected chi connectivity index (χ1v) is 13.4. The van der Waals surface area contributed by atoms with E-state index in [-0.39, 0.29) is 0 Å². The molecule has 1 fully saturated rings. The molecule has 0 aliphatic carbocycles. The third-order valence-electron chi connectivity index (χ3n) is 4.99. The maximum atomic E-state index is 6.25. The predicted octanol–water partition coefficient (Wildman–Crippen LogP) is 6.95. The van der Waals surface area contributed by atoms with Crippen molar-refractivity contribution in [2.45, 2.75) is 97.8 Å². The van der Waals surface area contributed by atoms with Gasteiger partial charge >= 0.3 is 161 Å². The van der Waals surface area contributed by atoms with Gasteiger partial charge in [0.15, 0.2) is 0 Å². The molecule has 26 heavy (non-hydrogen) atoms. The summed E-state index contributed by atoms with van der Waals surface area (Å²) in [7, 11) is -3.32. The van der Waals surface area contributed by atoms with Crippen molar-refractivity contribution in [3.63, 3.8) is 0 Å². The summed E-state index contributed by atoms with van der Waals surface area (Å²) in [5.74, 6) is 0. The van der Waals surface area contributed by atoms with Crippen LogP contribution in [0, 0.1) is 0 Å². The minimum absolute atomic E-state index is 0.459. The molecule has 1 heterocycles. The fourth-order valence-corrected chi connectivity index (χ4v) is 7.13. The Balaban J connectivity index is 2.58. The van der Waals surface area contributed by atoms with Crippen LogP contribution in [0.15, 0.2) is 0 Å². The zero-order chi connectivity index (χ0) is 19.0. The fraction of sp³-hybridized carbons (Fsp3) is 1.00. The Bertz CT molecular complexity index is 314. The molecule has 0 spiro atoms. The number of hydrogen-bond acceptors (Lipinski definition) is 5. The van der Waals surface area contributed by atoms with Gasteiger partial charge in [0.2, 0.25) is 0 Å². The van der Waals surface area contributed by atoms with Gasteiger partial charge in [0, 0.05) is 0 Å². The predicted molar refractivity (Wildman–Crippen MR) is 109 cm³/mol. The standard InChI is InChI=1S/C20H43O5P/c1-4-7-9-11-13-15-19-26(24-21-6-3,23-18-17-22-25-26)20-16-14-12-10-8-5-2/h4-20H2,1-3H3. The van der Waals surface area contributed by atoms with Crippen LogP contribution in [-0.4, -0.2) is 32.1 Å². The third kappa shape index (κ3) is 8.95. The molecule has 5 nitrogen and oxygen atoms in total. The summed E-state index contributed by atoms with van der Waals surface area (Å²) >= 11 is 0. The van der Waals surface area contributed by atoms with Crippen molar-refractivity contribution in [3.05, 3.63) is 0 Å². The molecule has 1 aliphatic heterocycles.